The van der Waals surface area contributed by atoms with Crippen LogP contribution in [0.15, 0.2) is 109 Å². The highest BCUT2D eigenvalue weighted by Crippen LogP contribution is 2.23. The van der Waals surface area contributed by atoms with Crippen LogP contribution in [0.2, 0.25) is 0 Å². The molecule has 188 valence electrons. The van der Waals surface area contributed by atoms with Gasteiger partial charge in [0.05, 0.1) is 5.56 Å². The third kappa shape index (κ3) is 7.09. The lowest BCUT2D eigenvalue weighted by atomic mass is 10.1. The molecule has 0 aromatic heterocycles. The van der Waals surface area contributed by atoms with Gasteiger partial charge >= 0.3 is 5.97 Å². The summed E-state index contributed by atoms with van der Waals surface area (Å²) in [5.74, 6) is -0.408. The monoisotopic (exact) mass is 504 g/mol. The number of hydrogen-bond acceptors (Lipinski definition) is 5. The third-order valence-electron chi connectivity index (χ3n) is 5.54. The first-order chi connectivity index (χ1) is 18.5. The first kappa shape index (κ1) is 25.7. The van der Waals surface area contributed by atoms with Gasteiger partial charge in [0.25, 0.3) is 5.91 Å². The minimum absolute atomic E-state index is 0.0868. The van der Waals surface area contributed by atoms with Crippen LogP contribution in [-0.2, 0) is 18.0 Å². The highest BCUT2D eigenvalue weighted by Gasteiger charge is 2.12. The molecule has 0 aliphatic heterocycles. The molecule has 0 atom stereocenters. The van der Waals surface area contributed by atoms with Crippen LogP contribution in [0.1, 0.15) is 27.0 Å². The van der Waals surface area contributed by atoms with Gasteiger partial charge in [0.15, 0.2) is 0 Å². The predicted molar refractivity (Wildman–Crippen MR) is 144 cm³/mol. The molecule has 0 spiro atoms. The molecule has 0 unspecified atom stereocenters. The number of para-hydroxylation sites is 1. The second-order valence-corrected chi connectivity index (χ2v) is 8.25. The number of nitrogens with one attached hydrogen (secondary N) is 1. The normalized spacial score (nSPS) is 10.8. The molecule has 0 aliphatic rings. The molecule has 7 nitrogen and oxygen atoms in total. The average molecular weight is 505 g/mol. The van der Waals surface area contributed by atoms with Crippen molar-refractivity contribution in [2.45, 2.75) is 13.2 Å². The zero-order valence-electron chi connectivity index (χ0n) is 20.3. The number of aromatic carboxylic acids is 1. The Morgan fingerprint density at radius 3 is 2.11 bits per heavy atom. The van der Waals surface area contributed by atoms with E-state index in [0.29, 0.717) is 29.4 Å². The summed E-state index contributed by atoms with van der Waals surface area (Å²) in [6.45, 7) is 0.626. The van der Waals surface area contributed by atoms with Crippen molar-refractivity contribution >= 4 is 23.6 Å². The Bertz CT molecular complexity index is 1470. The maximum atomic E-state index is 12.8. The number of carboxylic acids is 1. The number of anilines is 1. The Labute approximate surface area is 220 Å². The van der Waals surface area contributed by atoms with E-state index in [4.69, 9.17) is 14.6 Å². The van der Waals surface area contributed by atoms with Gasteiger partial charge in [-0.25, -0.2) is 4.79 Å². The van der Waals surface area contributed by atoms with Gasteiger partial charge in [-0.3, -0.25) is 4.79 Å². The summed E-state index contributed by atoms with van der Waals surface area (Å²) in [6, 6.07) is 32.1. The lowest BCUT2D eigenvalue weighted by Crippen LogP contribution is -2.13. The number of nitriles is 1. The molecule has 0 aliphatic carbocycles. The third-order valence-corrected chi connectivity index (χ3v) is 5.54. The highest BCUT2D eigenvalue weighted by molar-refractivity contribution is 6.09. The average Bonchev–Trinajstić information content (AvgIpc) is 2.95. The van der Waals surface area contributed by atoms with Crippen molar-refractivity contribution in [3.8, 4) is 17.6 Å². The minimum Gasteiger partial charge on any atom is -0.489 e. The molecule has 7 heteroatoms. The van der Waals surface area contributed by atoms with E-state index in [9.17, 15) is 14.9 Å². The van der Waals surface area contributed by atoms with Crippen LogP contribution < -0.4 is 14.8 Å². The quantitative estimate of drug-likeness (QED) is 0.200. The molecule has 0 saturated heterocycles. The second kappa shape index (κ2) is 12.6. The fourth-order valence-corrected chi connectivity index (χ4v) is 3.51. The van der Waals surface area contributed by atoms with Gasteiger partial charge in [-0.1, -0.05) is 60.7 Å². The van der Waals surface area contributed by atoms with Crippen molar-refractivity contribution in [3.63, 3.8) is 0 Å². The first-order valence-electron chi connectivity index (χ1n) is 11.8. The molecule has 4 aromatic carbocycles. The van der Waals surface area contributed by atoms with Crippen molar-refractivity contribution in [2.75, 3.05) is 5.32 Å². The van der Waals surface area contributed by atoms with Crippen LogP contribution >= 0.6 is 0 Å². The van der Waals surface area contributed by atoms with Crippen molar-refractivity contribution < 1.29 is 24.2 Å². The largest absolute Gasteiger partial charge is 0.489 e. The van der Waals surface area contributed by atoms with E-state index in [1.54, 1.807) is 60.7 Å². The molecule has 0 radical (unpaired) electrons. The van der Waals surface area contributed by atoms with E-state index in [-0.39, 0.29) is 17.7 Å². The van der Waals surface area contributed by atoms with Crippen LogP contribution in [-0.4, -0.2) is 17.0 Å². The zero-order valence-corrected chi connectivity index (χ0v) is 20.3. The second-order valence-electron chi connectivity index (χ2n) is 8.25. The number of ether oxygens (including phenoxy) is 2. The van der Waals surface area contributed by atoms with E-state index >= 15 is 0 Å². The van der Waals surface area contributed by atoms with Gasteiger partial charge in [0.1, 0.15) is 36.4 Å². The van der Waals surface area contributed by atoms with E-state index in [1.165, 1.54) is 18.2 Å². The molecule has 0 saturated carbocycles. The molecule has 2 N–H and O–H groups in total. The van der Waals surface area contributed by atoms with Crippen molar-refractivity contribution in [1.82, 2.24) is 0 Å². The Balaban J connectivity index is 1.39. The number of benzene rings is 4. The van der Waals surface area contributed by atoms with Gasteiger partial charge < -0.3 is 19.9 Å². The summed E-state index contributed by atoms with van der Waals surface area (Å²) in [5.41, 5.74) is 3.02. The summed E-state index contributed by atoms with van der Waals surface area (Å²) in [6.07, 6.45) is 1.47. The lowest BCUT2D eigenvalue weighted by Gasteiger charge is -2.10. The van der Waals surface area contributed by atoms with E-state index < -0.39 is 11.9 Å². The number of carbonyl (C=O) groups is 2. The molecule has 38 heavy (non-hydrogen) atoms. The molecule has 0 heterocycles. The summed E-state index contributed by atoms with van der Waals surface area (Å²) in [5, 5.41) is 21.4. The van der Waals surface area contributed by atoms with Crippen molar-refractivity contribution in [1.29, 1.82) is 5.26 Å². The summed E-state index contributed by atoms with van der Waals surface area (Å²) in [4.78, 5) is 23.8. The summed E-state index contributed by atoms with van der Waals surface area (Å²) >= 11 is 0. The highest BCUT2D eigenvalue weighted by atomic mass is 16.5. The SMILES string of the molecule is N#C/C(=C\c1ccccc1OCc1ccc(C(=O)O)cc1)C(=O)Nc1ccc(OCc2ccccc2)cc1. The van der Waals surface area contributed by atoms with E-state index in [2.05, 4.69) is 5.32 Å². The Morgan fingerprint density at radius 1 is 0.789 bits per heavy atom. The van der Waals surface area contributed by atoms with Crippen molar-refractivity contribution in [2.24, 2.45) is 0 Å². The molecular formula is C31H24N2O5. The summed E-state index contributed by atoms with van der Waals surface area (Å²) in [7, 11) is 0. The van der Waals surface area contributed by atoms with Gasteiger partial charge in [0.2, 0.25) is 0 Å². The maximum Gasteiger partial charge on any atom is 0.335 e. The standard InChI is InChI=1S/C31H24N2O5/c32-19-26(30(34)33-27-14-16-28(17-15-27)37-20-22-6-2-1-3-7-22)18-25-8-4-5-9-29(25)38-21-23-10-12-24(13-11-23)31(35)36/h1-18H,20-21H2,(H,33,34)(H,35,36)/b26-18+. The number of nitrogens with zero attached hydrogens (tertiary/aromatic N) is 1. The fourth-order valence-electron chi connectivity index (χ4n) is 3.51. The first-order valence-corrected chi connectivity index (χ1v) is 11.8. The summed E-state index contributed by atoms with van der Waals surface area (Å²) < 4.78 is 11.7. The molecular weight excluding hydrogens is 480 g/mol. The number of hydrogen-bond donors (Lipinski definition) is 2. The molecule has 1 amide bonds. The predicted octanol–water partition coefficient (Wildman–Crippen LogP) is 6.09. The molecule has 0 fully saturated rings. The number of carboxylic acid groups (broad SMARTS) is 1. The smallest absolute Gasteiger partial charge is 0.335 e. The van der Waals surface area contributed by atoms with E-state index in [0.717, 1.165) is 11.1 Å². The van der Waals surface area contributed by atoms with Crippen LogP contribution in [0.4, 0.5) is 5.69 Å². The molecule has 4 aromatic rings. The Morgan fingerprint density at radius 2 is 1.42 bits per heavy atom. The maximum absolute atomic E-state index is 12.8. The molecule has 4 rings (SSSR count). The van der Waals surface area contributed by atoms with Gasteiger partial charge in [-0.2, -0.15) is 5.26 Å². The lowest BCUT2D eigenvalue weighted by molar-refractivity contribution is -0.112. The van der Waals surface area contributed by atoms with Crippen LogP contribution in [0.25, 0.3) is 6.08 Å². The van der Waals surface area contributed by atoms with Crippen LogP contribution in [0.3, 0.4) is 0 Å². The fraction of sp³-hybridized carbons (Fsp3) is 0.0645. The molecule has 0 bridgehead atoms. The van der Waals surface area contributed by atoms with Crippen LogP contribution in [0, 0.1) is 11.3 Å². The number of carbonyl (C=O) groups excluding carboxylic acids is 1. The van der Waals surface area contributed by atoms with Gasteiger partial charge in [0, 0.05) is 11.3 Å². The van der Waals surface area contributed by atoms with Crippen LogP contribution in [0.5, 0.6) is 11.5 Å². The number of rotatable bonds is 10. The van der Waals surface area contributed by atoms with Gasteiger partial charge in [-0.15, -0.1) is 0 Å². The Hall–Kier alpha value is -5.35. The topological polar surface area (TPSA) is 109 Å². The van der Waals surface area contributed by atoms with Gasteiger partial charge in [-0.05, 0) is 59.7 Å². The zero-order chi connectivity index (χ0) is 26.7. The minimum atomic E-state index is -0.998. The van der Waals surface area contributed by atoms with E-state index in [1.807, 2.05) is 36.4 Å². The van der Waals surface area contributed by atoms with Crippen molar-refractivity contribution in [3.05, 3.63) is 131 Å². The Kier molecular flexibility index (Phi) is 8.51. The number of amides is 1.